The Morgan fingerprint density at radius 1 is 1.31 bits per heavy atom. The summed E-state index contributed by atoms with van der Waals surface area (Å²) in [6, 6.07) is 5.03. The Hall–Kier alpha value is -1.84. The number of aliphatic hydroxyl groups is 1. The van der Waals surface area contributed by atoms with Gasteiger partial charge in [-0.15, -0.1) is 0 Å². The lowest BCUT2D eigenvalue weighted by molar-refractivity contribution is -0.168. The van der Waals surface area contributed by atoms with Crippen LogP contribution in [-0.2, 0) is 16.0 Å². The van der Waals surface area contributed by atoms with Gasteiger partial charge >= 0.3 is 0 Å². The second-order valence-electron chi connectivity index (χ2n) is 6.59. The van der Waals surface area contributed by atoms with Crippen LogP contribution in [-0.4, -0.2) is 52.8 Å². The summed E-state index contributed by atoms with van der Waals surface area (Å²) in [4.78, 5) is 0. The highest BCUT2D eigenvalue weighted by Gasteiger charge is 2.51. The van der Waals surface area contributed by atoms with E-state index < -0.39 is 18.4 Å². The summed E-state index contributed by atoms with van der Waals surface area (Å²) in [6.07, 6.45) is 1.71. The largest absolute Gasteiger partial charge is 0.454 e. The van der Waals surface area contributed by atoms with Crippen molar-refractivity contribution in [2.75, 3.05) is 13.4 Å². The van der Waals surface area contributed by atoms with Crippen LogP contribution in [0.25, 0.3) is 0 Å². The molecule has 5 rings (SSSR count). The van der Waals surface area contributed by atoms with Crippen molar-refractivity contribution in [1.29, 1.82) is 0 Å². The van der Waals surface area contributed by atoms with Crippen LogP contribution >= 0.6 is 11.6 Å². The van der Waals surface area contributed by atoms with Crippen LogP contribution in [0.15, 0.2) is 30.6 Å². The summed E-state index contributed by atoms with van der Waals surface area (Å²) in [5.74, 6) is 1.48. The number of fused-ring (bicyclic) bond motifs is 3. The van der Waals surface area contributed by atoms with E-state index in [1.807, 2.05) is 18.2 Å². The van der Waals surface area contributed by atoms with Crippen molar-refractivity contribution < 1.29 is 24.1 Å². The lowest BCUT2D eigenvalue weighted by Gasteiger charge is -2.38. The number of nitrogens with one attached hydrogen (secondary N) is 1. The zero-order valence-corrected chi connectivity index (χ0v) is 14.5. The minimum Gasteiger partial charge on any atom is -0.454 e. The molecule has 8 nitrogen and oxygen atoms in total. The van der Waals surface area contributed by atoms with Gasteiger partial charge in [-0.25, -0.2) is 0 Å². The maximum atomic E-state index is 10.9. The number of halogens is 1. The number of aromatic nitrogens is 2. The SMILES string of the molecule is OC1C(NCc2ccc3c(c2)OCO3)C2COC(O2)C1n1cc(Cl)cn1. The zero-order chi connectivity index (χ0) is 17.7. The van der Waals surface area contributed by atoms with Crippen LogP contribution in [0.3, 0.4) is 0 Å². The standard InChI is InChI=1S/C17H18ClN3O5/c18-10-5-20-21(6-10)15-16(22)14(13-7-23-17(15)26-13)19-4-9-1-2-11-12(3-9)25-8-24-11/h1-3,5-6,13-17,19,22H,4,7-8H2. The van der Waals surface area contributed by atoms with Crippen molar-refractivity contribution in [3.05, 3.63) is 41.2 Å². The lowest BCUT2D eigenvalue weighted by atomic mass is 9.96. The number of nitrogens with zero attached hydrogens (tertiary/aromatic N) is 2. The molecule has 138 valence electrons. The fourth-order valence-electron chi connectivity index (χ4n) is 3.70. The van der Waals surface area contributed by atoms with E-state index in [2.05, 4.69) is 10.4 Å². The molecule has 2 aromatic rings. The minimum atomic E-state index is -0.730. The van der Waals surface area contributed by atoms with Crippen LogP contribution in [0.2, 0.25) is 5.02 Å². The van der Waals surface area contributed by atoms with E-state index in [1.165, 1.54) is 6.20 Å². The summed E-state index contributed by atoms with van der Waals surface area (Å²) < 4.78 is 24.0. The first-order chi connectivity index (χ1) is 12.7. The molecule has 0 spiro atoms. The first-order valence-corrected chi connectivity index (χ1v) is 8.83. The van der Waals surface area contributed by atoms with E-state index in [1.54, 1.807) is 10.9 Å². The number of aliphatic hydroxyl groups excluding tert-OH is 1. The lowest BCUT2D eigenvalue weighted by Crippen LogP contribution is -2.57. The molecule has 26 heavy (non-hydrogen) atoms. The van der Waals surface area contributed by atoms with Crippen LogP contribution in [0.5, 0.6) is 11.5 Å². The molecule has 2 saturated heterocycles. The molecule has 2 fully saturated rings. The molecule has 2 bridgehead atoms. The van der Waals surface area contributed by atoms with Gasteiger partial charge in [0.2, 0.25) is 6.79 Å². The third kappa shape index (κ3) is 2.74. The molecule has 2 N–H and O–H groups in total. The third-order valence-corrected chi connectivity index (χ3v) is 5.18. The van der Waals surface area contributed by atoms with Crippen molar-refractivity contribution >= 4 is 11.6 Å². The highest BCUT2D eigenvalue weighted by Crippen LogP contribution is 2.36. The Morgan fingerprint density at radius 3 is 3.04 bits per heavy atom. The Kier molecular flexibility index (Phi) is 4.02. The van der Waals surface area contributed by atoms with Crippen molar-refractivity contribution in [3.63, 3.8) is 0 Å². The van der Waals surface area contributed by atoms with Gasteiger partial charge in [0.05, 0.1) is 30.0 Å². The van der Waals surface area contributed by atoms with Gasteiger partial charge in [-0.2, -0.15) is 5.10 Å². The number of ether oxygens (including phenoxy) is 4. The highest BCUT2D eigenvalue weighted by molar-refractivity contribution is 6.30. The van der Waals surface area contributed by atoms with Crippen molar-refractivity contribution in [2.24, 2.45) is 0 Å². The normalized spacial score (nSPS) is 32.2. The van der Waals surface area contributed by atoms with E-state index in [-0.39, 0.29) is 18.9 Å². The van der Waals surface area contributed by atoms with Gasteiger partial charge in [-0.1, -0.05) is 17.7 Å². The molecule has 5 unspecified atom stereocenters. The number of rotatable bonds is 4. The van der Waals surface area contributed by atoms with Crippen LogP contribution in [0.1, 0.15) is 11.6 Å². The molecule has 9 heteroatoms. The molecule has 4 heterocycles. The Balaban J connectivity index is 1.33. The van der Waals surface area contributed by atoms with Gasteiger partial charge in [-0.3, -0.25) is 4.68 Å². The molecule has 3 aliphatic heterocycles. The smallest absolute Gasteiger partial charge is 0.231 e. The van der Waals surface area contributed by atoms with E-state index >= 15 is 0 Å². The maximum Gasteiger partial charge on any atom is 0.231 e. The molecule has 1 aromatic carbocycles. The van der Waals surface area contributed by atoms with E-state index in [0.29, 0.717) is 18.2 Å². The molecule has 5 atom stereocenters. The summed E-state index contributed by atoms with van der Waals surface area (Å²) in [7, 11) is 0. The molecular formula is C17H18ClN3O5. The first kappa shape index (κ1) is 16.3. The van der Waals surface area contributed by atoms with Crippen LogP contribution in [0, 0.1) is 0 Å². The monoisotopic (exact) mass is 379 g/mol. The molecule has 0 saturated carbocycles. The van der Waals surface area contributed by atoms with Gasteiger partial charge in [0.15, 0.2) is 17.8 Å². The van der Waals surface area contributed by atoms with Crippen LogP contribution < -0.4 is 14.8 Å². The Labute approximate surface area is 154 Å². The van der Waals surface area contributed by atoms with E-state index in [4.69, 9.17) is 30.5 Å². The second-order valence-corrected chi connectivity index (χ2v) is 7.03. The van der Waals surface area contributed by atoms with Gasteiger partial charge in [0, 0.05) is 12.7 Å². The third-order valence-electron chi connectivity index (χ3n) is 4.99. The van der Waals surface area contributed by atoms with Crippen molar-refractivity contribution in [2.45, 2.75) is 37.1 Å². The predicted molar refractivity (Wildman–Crippen MR) is 90.1 cm³/mol. The predicted octanol–water partition coefficient (Wildman–Crippen LogP) is 1.08. The van der Waals surface area contributed by atoms with E-state index in [0.717, 1.165) is 17.1 Å². The molecular weight excluding hydrogens is 362 g/mol. The highest BCUT2D eigenvalue weighted by atomic mass is 35.5. The van der Waals surface area contributed by atoms with Gasteiger partial charge < -0.3 is 29.4 Å². The van der Waals surface area contributed by atoms with Crippen molar-refractivity contribution in [3.8, 4) is 11.5 Å². The average molecular weight is 380 g/mol. The maximum absolute atomic E-state index is 10.9. The topological polar surface area (TPSA) is 87.0 Å². The summed E-state index contributed by atoms with van der Waals surface area (Å²) >= 11 is 5.97. The summed E-state index contributed by atoms with van der Waals surface area (Å²) in [5, 5.41) is 19.0. The zero-order valence-electron chi connectivity index (χ0n) is 13.7. The average Bonchev–Trinajstić information content (AvgIpc) is 3.35. The molecule has 3 aliphatic rings. The molecule has 0 aliphatic carbocycles. The fraction of sp³-hybridized carbons (Fsp3) is 0.471. The van der Waals surface area contributed by atoms with Crippen molar-refractivity contribution in [1.82, 2.24) is 15.1 Å². The summed E-state index contributed by atoms with van der Waals surface area (Å²) in [5.41, 5.74) is 1.03. The molecule has 0 radical (unpaired) electrons. The number of benzene rings is 1. The van der Waals surface area contributed by atoms with Gasteiger partial charge in [0.25, 0.3) is 0 Å². The molecule has 0 amide bonds. The van der Waals surface area contributed by atoms with Crippen LogP contribution in [0.4, 0.5) is 0 Å². The number of hydrogen-bond acceptors (Lipinski definition) is 7. The first-order valence-electron chi connectivity index (χ1n) is 8.46. The molecule has 1 aromatic heterocycles. The van der Waals surface area contributed by atoms with Gasteiger partial charge in [-0.05, 0) is 17.7 Å². The Bertz CT molecular complexity index is 815. The minimum absolute atomic E-state index is 0.216. The Morgan fingerprint density at radius 2 is 2.19 bits per heavy atom. The quantitative estimate of drug-likeness (QED) is 0.822. The second kappa shape index (κ2) is 6.40. The fourth-order valence-corrected chi connectivity index (χ4v) is 3.84. The summed E-state index contributed by atoms with van der Waals surface area (Å²) in [6.45, 7) is 1.22. The number of hydrogen-bond donors (Lipinski definition) is 2. The van der Waals surface area contributed by atoms with E-state index in [9.17, 15) is 5.11 Å². The van der Waals surface area contributed by atoms with Gasteiger partial charge in [0.1, 0.15) is 12.1 Å².